The number of likely N-dealkylation sites (tertiary alicyclic amines) is 1. The summed E-state index contributed by atoms with van der Waals surface area (Å²) in [6.07, 6.45) is 4.94. The lowest BCUT2D eigenvalue weighted by Gasteiger charge is -2.31. The predicted molar refractivity (Wildman–Crippen MR) is 122 cm³/mol. The van der Waals surface area contributed by atoms with E-state index in [2.05, 4.69) is 18.2 Å². The quantitative estimate of drug-likeness (QED) is 0.624. The third-order valence-electron chi connectivity index (χ3n) is 6.17. The van der Waals surface area contributed by atoms with Crippen LogP contribution in [0.4, 0.5) is 0 Å². The van der Waals surface area contributed by atoms with Gasteiger partial charge < -0.3 is 14.2 Å². The van der Waals surface area contributed by atoms with E-state index < -0.39 is 0 Å². The Labute approximate surface area is 180 Å². The molecule has 1 amide bonds. The van der Waals surface area contributed by atoms with Crippen molar-refractivity contribution in [2.75, 3.05) is 20.2 Å². The Morgan fingerprint density at radius 1 is 1.23 bits per heavy atom. The molecule has 3 aromatic rings. The van der Waals surface area contributed by atoms with E-state index >= 15 is 0 Å². The van der Waals surface area contributed by atoms with Gasteiger partial charge in [-0.05, 0) is 55.4 Å². The van der Waals surface area contributed by atoms with Crippen LogP contribution in [-0.2, 0) is 18.3 Å². The van der Waals surface area contributed by atoms with E-state index in [1.54, 1.807) is 29.9 Å². The summed E-state index contributed by atoms with van der Waals surface area (Å²) in [5, 5.41) is 0.788. The molecule has 0 radical (unpaired) electrons. The van der Waals surface area contributed by atoms with Crippen molar-refractivity contribution in [3.63, 3.8) is 0 Å². The number of fused-ring (bicyclic) bond motifs is 1. The Balaban J connectivity index is 1.69. The molecule has 1 fully saturated rings. The van der Waals surface area contributed by atoms with Gasteiger partial charge in [0.05, 0.1) is 12.5 Å². The third-order valence-corrected chi connectivity index (χ3v) is 7.36. The Hall–Kier alpha value is -2.60. The second-order valence-corrected chi connectivity index (χ2v) is 9.39. The number of amides is 1. The molecule has 0 aliphatic carbocycles. The van der Waals surface area contributed by atoms with Crippen molar-refractivity contribution < 1.29 is 9.53 Å². The summed E-state index contributed by atoms with van der Waals surface area (Å²) in [4.78, 5) is 27.6. The van der Waals surface area contributed by atoms with E-state index in [4.69, 9.17) is 4.74 Å². The monoisotopic (exact) mass is 424 g/mol. The van der Waals surface area contributed by atoms with Crippen LogP contribution in [0.1, 0.15) is 30.2 Å². The van der Waals surface area contributed by atoms with Crippen molar-refractivity contribution in [3.8, 4) is 16.9 Å². The highest BCUT2D eigenvalue weighted by Gasteiger charge is 2.22. The number of thiophene rings is 1. The predicted octanol–water partition coefficient (Wildman–Crippen LogP) is 4.39. The van der Waals surface area contributed by atoms with Gasteiger partial charge in [0.15, 0.2) is 0 Å². The maximum absolute atomic E-state index is 12.8. The minimum Gasteiger partial charge on any atom is -0.496 e. The lowest BCUT2D eigenvalue weighted by atomic mass is 9.93. The first kappa shape index (κ1) is 20.7. The standard InChI is InChI=1S/C24H28N2O3S/c1-15-5-6-18(12-22(15)29-4)21-14-25(3)24(28)20-13-19(30-23(20)21)11-17-7-9-26(10-8-17)16(2)27/h5-6,12-14,17H,7-11H2,1-4H3. The van der Waals surface area contributed by atoms with Gasteiger partial charge in [-0.1, -0.05) is 12.1 Å². The van der Waals surface area contributed by atoms with E-state index in [0.29, 0.717) is 5.92 Å². The number of benzene rings is 1. The maximum atomic E-state index is 12.8. The zero-order valence-corrected chi connectivity index (χ0v) is 18.8. The van der Waals surface area contributed by atoms with Crippen LogP contribution in [0.3, 0.4) is 0 Å². The summed E-state index contributed by atoms with van der Waals surface area (Å²) in [5.74, 6) is 1.57. The highest BCUT2D eigenvalue weighted by Crippen LogP contribution is 2.36. The Kier molecular flexibility index (Phi) is 5.69. The lowest BCUT2D eigenvalue weighted by molar-refractivity contribution is -0.130. The van der Waals surface area contributed by atoms with Crippen molar-refractivity contribution >= 4 is 27.3 Å². The summed E-state index contributed by atoms with van der Waals surface area (Å²) in [6, 6.07) is 8.27. The van der Waals surface area contributed by atoms with E-state index in [0.717, 1.165) is 64.9 Å². The normalized spacial score (nSPS) is 15.0. The summed E-state index contributed by atoms with van der Waals surface area (Å²) >= 11 is 1.73. The summed E-state index contributed by atoms with van der Waals surface area (Å²) < 4.78 is 8.23. The number of methoxy groups -OCH3 is 1. The number of carbonyl (C=O) groups excluding carboxylic acids is 1. The van der Waals surface area contributed by atoms with E-state index in [-0.39, 0.29) is 11.5 Å². The molecule has 5 nitrogen and oxygen atoms in total. The number of ether oxygens (including phenoxy) is 1. The summed E-state index contributed by atoms with van der Waals surface area (Å²) in [5.41, 5.74) is 3.25. The van der Waals surface area contributed by atoms with Gasteiger partial charge in [0, 0.05) is 48.4 Å². The molecule has 30 heavy (non-hydrogen) atoms. The highest BCUT2D eigenvalue weighted by atomic mass is 32.1. The Bertz CT molecular complexity index is 1150. The molecule has 0 N–H and O–H groups in total. The van der Waals surface area contributed by atoms with Gasteiger partial charge >= 0.3 is 0 Å². The van der Waals surface area contributed by atoms with E-state index in [1.165, 1.54) is 4.88 Å². The fraction of sp³-hybridized carbons (Fsp3) is 0.417. The van der Waals surface area contributed by atoms with Gasteiger partial charge in [-0.3, -0.25) is 9.59 Å². The summed E-state index contributed by atoms with van der Waals surface area (Å²) in [6.45, 7) is 5.34. The van der Waals surface area contributed by atoms with Crippen molar-refractivity contribution in [1.29, 1.82) is 0 Å². The fourth-order valence-corrected chi connectivity index (χ4v) is 5.63. The average Bonchev–Trinajstić information content (AvgIpc) is 3.15. The maximum Gasteiger partial charge on any atom is 0.259 e. The van der Waals surface area contributed by atoms with Crippen LogP contribution in [0.25, 0.3) is 21.2 Å². The molecule has 1 aliphatic heterocycles. The first-order valence-corrected chi connectivity index (χ1v) is 11.2. The molecule has 0 saturated carbocycles. The molecule has 1 aromatic carbocycles. The minimum absolute atomic E-state index is 0.0433. The van der Waals surface area contributed by atoms with Gasteiger partial charge in [-0.2, -0.15) is 0 Å². The molecule has 158 valence electrons. The van der Waals surface area contributed by atoms with Crippen LogP contribution >= 0.6 is 11.3 Å². The Morgan fingerprint density at radius 3 is 2.63 bits per heavy atom. The number of rotatable bonds is 4. The number of nitrogens with zero attached hydrogens (tertiary/aromatic N) is 2. The molecule has 0 atom stereocenters. The van der Waals surface area contributed by atoms with Crippen LogP contribution in [0.5, 0.6) is 5.75 Å². The third kappa shape index (κ3) is 3.88. The number of aromatic nitrogens is 1. The number of hydrogen-bond acceptors (Lipinski definition) is 4. The molecule has 6 heteroatoms. The van der Waals surface area contributed by atoms with Crippen LogP contribution in [0.15, 0.2) is 35.3 Å². The number of hydrogen-bond donors (Lipinski definition) is 0. The van der Waals surface area contributed by atoms with Crippen LogP contribution in [-0.4, -0.2) is 35.6 Å². The molecular formula is C24H28N2O3S. The number of pyridine rings is 1. The molecule has 2 aromatic heterocycles. The van der Waals surface area contributed by atoms with Crippen molar-refractivity contribution in [2.45, 2.75) is 33.1 Å². The van der Waals surface area contributed by atoms with Gasteiger partial charge in [0.2, 0.25) is 5.91 Å². The SMILES string of the molecule is COc1cc(-c2cn(C)c(=O)c3cc(CC4CCN(C(C)=O)CC4)sc23)ccc1C. The topological polar surface area (TPSA) is 51.5 Å². The van der Waals surface area contributed by atoms with E-state index in [1.807, 2.05) is 31.1 Å². The first-order valence-electron chi connectivity index (χ1n) is 10.4. The van der Waals surface area contributed by atoms with Crippen molar-refractivity contribution in [1.82, 2.24) is 9.47 Å². The second kappa shape index (κ2) is 8.26. The molecular weight excluding hydrogens is 396 g/mol. The van der Waals surface area contributed by atoms with Crippen LogP contribution in [0, 0.1) is 12.8 Å². The van der Waals surface area contributed by atoms with Crippen molar-refractivity contribution in [3.05, 3.63) is 51.3 Å². The molecule has 1 saturated heterocycles. The van der Waals surface area contributed by atoms with E-state index in [9.17, 15) is 9.59 Å². The van der Waals surface area contributed by atoms with Crippen molar-refractivity contribution in [2.24, 2.45) is 13.0 Å². The summed E-state index contributed by atoms with van der Waals surface area (Å²) in [7, 11) is 3.49. The van der Waals surface area contributed by atoms with Crippen LogP contribution < -0.4 is 10.3 Å². The largest absolute Gasteiger partial charge is 0.496 e. The molecule has 0 spiro atoms. The zero-order chi connectivity index (χ0) is 21.4. The lowest BCUT2D eigenvalue weighted by Crippen LogP contribution is -2.37. The molecule has 3 heterocycles. The molecule has 0 unspecified atom stereocenters. The minimum atomic E-state index is 0.0433. The highest BCUT2D eigenvalue weighted by molar-refractivity contribution is 7.19. The van der Waals surface area contributed by atoms with Gasteiger partial charge in [0.25, 0.3) is 5.56 Å². The smallest absolute Gasteiger partial charge is 0.259 e. The first-order chi connectivity index (χ1) is 14.4. The number of carbonyl (C=O) groups is 1. The van der Waals surface area contributed by atoms with Crippen LogP contribution in [0.2, 0.25) is 0 Å². The molecule has 1 aliphatic rings. The fourth-order valence-electron chi connectivity index (χ4n) is 4.33. The molecule has 4 rings (SSSR count). The average molecular weight is 425 g/mol. The molecule has 0 bridgehead atoms. The van der Waals surface area contributed by atoms with Gasteiger partial charge in [-0.15, -0.1) is 11.3 Å². The number of piperidine rings is 1. The second-order valence-electron chi connectivity index (χ2n) is 8.25. The Morgan fingerprint density at radius 2 is 1.97 bits per heavy atom. The zero-order valence-electron chi connectivity index (χ0n) is 18.0. The van der Waals surface area contributed by atoms with Gasteiger partial charge in [-0.25, -0.2) is 0 Å². The van der Waals surface area contributed by atoms with Gasteiger partial charge in [0.1, 0.15) is 5.75 Å². The number of aryl methyl sites for hydroxylation is 2.